The number of rotatable bonds is 3. The van der Waals surface area contributed by atoms with E-state index in [0.717, 1.165) is 17.2 Å². The van der Waals surface area contributed by atoms with Crippen molar-refractivity contribution in [3.05, 3.63) is 54.1 Å². The Balaban J connectivity index is 2.15. The van der Waals surface area contributed by atoms with Crippen molar-refractivity contribution in [2.45, 2.75) is 26.2 Å². The monoisotopic (exact) mass is 336 g/mol. The first-order chi connectivity index (χ1) is 11.8. The fourth-order valence-corrected chi connectivity index (χ4v) is 2.75. The van der Waals surface area contributed by atoms with Crippen LogP contribution >= 0.6 is 0 Å². The molecule has 0 atom stereocenters. The van der Waals surface area contributed by atoms with E-state index in [4.69, 9.17) is 0 Å². The molecule has 0 fully saturated rings. The summed E-state index contributed by atoms with van der Waals surface area (Å²) in [7, 11) is 3.88. The number of aromatic nitrogens is 3. The molecule has 3 rings (SSSR count). The highest BCUT2D eigenvalue weighted by molar-refractivity contribution is 5.63. The Hall–Kier alpha value is -2.82. The molecule has 3 aromatic rings. The minimum absolute atomic E-state index is 0.101. The van der Waals surface area contributed by atoms with Gasteiger partial charge in [0.05, 0.1) is 5.69 Å². The SMILES string of the molecule is CN(C)c1nnc(-c2cccc(O)c2)n1-c1ccc(C(C)(C)C)cc1. The number of anilines is 1. The lowest BCUT2D eigenvalue weighted by Gasteiger charge is -2.20. The van der Waals surface area contributed by atoms with E-state index in [9.17, 15) is 5.11 Å². The smallest absolute Gasteiger partial charge is 0.231 e. The third-order valence-electron chi connectivity index (χ3n) is 4.14. The first-order valence-electron chi connectivity index (χ1n) is 8.30. The van der Waals surface area contributed by atoms with Crippen molar-refractivity contribution < 1.29 is 5.11 Å². The summed E-state index contributed by atoms with van der Waals surface area (Å²) in [6.07, 6.45) is 0. The molecule has 5 nitrogen and oxygen atoms in total. The number of aromatic hydroxyl groups is 1. The van der Waals surface area contributed by atoms with Gasteiger partial charge in [-0.15, -0.1) is 10.2 Å². The molecule has 1 N–H and O–H groups in total. The minimum Gasteiger partial charge on any atom is -0.508 e. The molecule has 1 aromatic heterocycles. The fourth-order valence-electron chi connectivity index (χ4n) is 2.75. The lowest BCUT2D eigenvalue weighted by molar-refractivity contribution is 0.475. The zero-order valence-corrected chi connectivity index (χ0v) is 15.4. The van der Waals surface area contributed by atoms with Crippen LogP contribution in [0, 0.1) is 0 Å². The summed E-state index contributed by atoms with van der Waals surface area (Å²) in [6, 6.07) is 15.5. The summed E-state index contributed by atoms with van der Waals surface area (Å²) in [5, 5.41) is 18.5. The highest BCUT2D eigenvalue weighted by Gasteiger charge is 2.19. The quantitative estimate of drug-likeness (QED) is 0.785. The molecule has 0 saturated heterocycles. The van der Waals surface area contributed by atoms with E-state index in [2.05, 4.69) is 55.2 Å². The van der Waals surface area contributed by atoms with Crippen LogP contribution in [0.1, 0.15) is 26.3 Å². The van der Waals surface area contributed by atoms with Crippen LogP contribution in [0.5, 0.6) is 5.75 Å². The van der Waals surface area contributed by atoms with Gasteiger partial charge >= 0.3 is 0 Å². The standard InChI is InChI=1S/C20H24N4O/c1-20(2,3)15-9-11-16(12-10-15)24-18(21-22-19(24)23(4)5)14-7-6-8-17(25)13-14/h6-13,25H,1-5H3. The number of nitrogens with zero attached hydrogens (tertiary/aromatic N) is 4. The third-order valence-corrected chi connectivity index (χ3v) is 4.14. The molecule has 0 radical (unpaired) electrons. The van der Waals surface area contributed by atoms with Crippen molar-refractivity contribution in [3.8, 4) is 22.8 Å². The highest BCUT2D eigenvalue weighted by Crippen LogP contribution is 2.30. The Bertz CT molecular complexity index is 873. The number of phenols is 1. The van der Waals surface area contributed by atoms with Gasteiger partial charge in [0.2, 0.25) is 5.95 Å². The van der Waals surface area contributed by atoms with Crippen molar-refractivity contribution in [2.24, 2.45) is 0 Å². The zero-order valence-electron chi connectivity index (χ0n) is 15.4. The van der Waals surface area contributed by atoms with Crippen molar-refractivity contribution in [1.82, 2.24) is 14.8 Å². The van der Waals surface area contributed by atoms with Crippen LogP contribution in [0.25, 0.3) is 17.1 Å². The van der Waals surface area contributed by atoms with Crippen LogP contribution in [-0.4, -0.2) is 34.0 Å². The molecule has 0 saturated carbocycles. The van der Waals surface area contributed by atoms with Gasteiger partial charge in [-0.25, -0.2) is 0 Å². The van der Waals surface area contributed by atoms with Crippen LogP contribution in [0.3, 0.4) is 0 Å². The van der Waals surface area contributed by atoms with Gasteiger partial charge in [0.25, 0.3) is 0 Å². The Morgan fingerprint density at radius 1 is 0.960 bits per heavy atom. The third kappa shape index (κ3) is 3.36. The van der Waals surface area contributed by atoms with Crippen LogP contribution in [0.15, 0.2) is 48.5 Å². The predicted molar refractivity (Wildman–Crippen MR) is 101 cm³/mol. The van der Waals surface area contributed by atoms with E-state index in [1.807, 2.05) is 35.7 Å². The molecule has 1 heterocycles. The topological polar surface area (TPSA) is 54.2 Å². The second kappa shape index (κ2) is 6.24. The van der Waals surface area contributed by atoms with E-state index in [0.29, 0.717) is 5.82 Å². The van der Waals surface area contributed by atoms with Crippen molar-refractivity contribution in [1.29, 1.82) is 0 Å². The Labute approximate surface area is 148 Å². The van der Waals surface area contributed by atoms with E-state index in [-0.39, 0.29) is 11.2 Å². The number of hydrogen-bond donors (Lipinski definition) is 1. The molecule has 5 heteroatoms. The van der Waals surface area contributed by atoms with Gasteiger partial charge in [-0.1, -0.05) is 45.0 Å². The first-order valence-corrected chi connectivity index (χ1v) is 8.30. The average Bonchev–Trinajstić information content (AvgIpc) is 2.99. The van der Waals surface area contributed by atoms with Gasteiger partial charge in [0, 0.05) is 19.7 Å². The number of hydrogen-bond acceptors (Lipinski definition) is 4. The molecule has 0 aliphatic heterocycles. The van der Waals surface area contributed by atoms with E-state index in [1.165, 1.54) is 5.56 Å². The largest absolute Gasteiger partial charge is 0.508 e. The summed E-state index contributed by atoms with van der Waals surface area (Å²) < 4.78 is 2.00. The first kappa shape index (κ1) is 17.0. The van der Waals surface area contributed by atoms with Gasteiger partial charge in [-0.05, 0) is 35.2 Å². The zero-order chi connectivity index (χ0) is 18.2. The summed E-state index contributed by atoms with van der Waals surface area (Å²) >= 11 is 0. The molecular weight excluding hydrogens is 312 g/mol. The Kier molecular flexibility index (Phi) is 4.25. The molecule has 0 aliphatic carbocycles. The highest BCUT2D eigenvalue weighted by atomic mass is 16.3. The summed E-state index contributed by atoms with van der Waals surface area (Å²) in [4.78, 5) is 1.93. The molecule has 25 heavy (non-hydrogen) atoms. The van der Waals surface area contributed by atoms with E-state index in [1.54, 1.807) is 12.1 Å². The van der Waals surface area contributed by atoms with Crippen LogP contribution in [0.4, 0.5) is 5.95 Å². The lowest BCUT2D eigenvalue weighted by Crippen LogP contribution is -2.15. The fraction of sp³-hybridized carbons (Fsp3) is 0.300. The van der Waals surface area contributed by atoms with Gasteiger partial charge in [-0.3, -0.25) is 4.57 Å². The molecule has 0 bridgehead atoms. The molecular formula is C20H24N4O. The minimum atomic E-state index is 0.101. The van der Waals surface area contributed by atoms with E-state index >= 15 is 0 Å². The van der Waals surface area contributed by atoms with Crippen LogP contribution in [-0.2, 0) is 5.41 Å². The summed E-state index contributed by atoms with van der Waals surface area (Å²) in [5.74, 6) is 1.64. The normalized spacial score (nSPS) is 11.6. The van der Waals surface area contributed by atoms with E-state index < -0.39 is 0 Å². The van der Waals surface area contributed by atoms with Crippen LogP contribution < -0.4 is 4.90 Å². The van der Waals surface area contributed by atoms with Gasteiger partial charge in [0.1, 0.15) is 5.75 Å². The number of phenolic OH excluding ortho intramolecular Hbond substituents is 1. The summed E-state index contributed by atoms with van der Waals surface area (Å²) in [6.45, 7) is 6.60. The van der Waals surface area contributed by atoms with Crippen LogP contribution in [0.2, 0.25) is 0 Å². The molecule has 2 aromatic carbocycles. The van der Waals surface area contributed by atoms with Gasteiger partial charge in [-0.2, -0.15) is 0 Å². The Morgan fingerprint density at radius 2 is 1.64 bits per heavy atom. The maximum Gasteiger partial charge on any atom is 0.231 e. The van der Waals surface area contributed by atoms with Crippen molar-refractivity contribution in [3.63, 3.8) is 0 Å². The van der Waals surface area contributed by atoms with Crippen molar-refractivity contribution >= 4 is 5.95 Å². The molecule has 0 unspecified atom stereocenters. The van der Waals surface area contributed by atoms with Gasteiger partial charge in [0.15, 0.2) is 5.82 Å². The maximum absolute atomic E-state index is 9.81. The average molecular weight is 336 g/mol. The predicted octanol–water partition coefficient (Wildman–Crippen LogP) is 4.00. The molecule has 0 spiro atoms. The molecule has 130 valence electrons. The second-order valence-electron chi connectivity index (χ2n) is 7.40. The summed E-state index contributed by atoms with van der Waals surface area (Å²) in [5.41, 5.74) is 3.18. The second-order valence-corrected chi connectivity index (χ2v) is 7.40. The molecule has 0 aliphatic rings. The Morgan fingerprint density at radius 3 is 2.20 bits per heavy atom. The number of benzene rings is 2. The molecule has 0 amide bonds. The maximum atomic E-state index is 9.81. The van der Waals surface area contributed by atoms with Crippen molar-refractivity contribution in [2.75, 3.05) is 19.0 Å². The lowest BCUT2D eigenvalue weighted by atomic mass is 9.87. The van der Waals surface area contributed by atoms with Gasteiger partial charge < -0.3 is 10.0 Å².